The van der Waals surface area contributed by atoms with Crippen LogP contribution < -0.4 is 0 Å². The number of hydrogen-bond donors (Lipinski definition) is 0. The molecule has 5 nitrogen and oxygen atoms in total. The second-order valence-electron chi connectivity index (χ2n) is 6.51. The Morgan fingerprint density at radius 2 is 2.05 bits per heavy atom. The lowest BCUT2D eigenvalue weighted by atomic mass is 10.0. The van der Waals surface area contributed by atoms with Gasteiger partial charge in [-0.05, 0) is 45.6 Å². The summed E-state index contributed by atoms with van der Waals surface area (Å²) in [5, 5.41) is 0. The quantitative estimate of drug-likeness (QED) is 0.801. The van der Waals surface area contributed by atoms with Crippen LogP contribution in [0.25, 0.3) is 0 Å². The van der Waals surface area contributed by atoms with E-state index in [-0.39, 0.29) is 22.4 Å². The van der Waals surface area contributed by atoms with E-state index in [0.717, 1.165) is 25.7 Å². The number of rotatable bonds is 3. The number of aromatic nitrogens is 1. The first-order chi connectivity index (χ1) is 9.70. The fourth-order valence-corrected chi connectivity index (χ4v) is 3.78. The van der Waals surface area contributed by atoms with E-state index < -0.39 is 9.05 Å². The third-order valence-electron chi connectivity index (χ3n) is 4.41. The average Bonchev–Trinajstić information content (AvgIpc) is 2.99. The lowest BCUT2D eigenvalue weighted by molar-refractivity contribution is 0.0640. The maximum Gasteiger partial charge on any atom is 0.270 e. The predicted molar refractivity (Wildman–Crippen MR) is 80.1 cm³/mol. The van der Waals surface area contributed by atoms with Crippen molar-refractivity contribution in [3.05, 3.63) is 18.0 Å². The molecular weight excluding hydrogens is 312 g/mol. The molecule has 21 heavy (non-hydrogen) atoms. The second-order valence-corrected chi connectivity index (χ2v) is 9.08. The average molecular weight is 331 g/mol. The van der Waals surface area contributed by atoms with Crippen molar-refractivity contribution in [1.82, 2.24) is 9.47 Å². The fraction of sp³-hybridized carbons (Fsp3) is 0.643. The maximum absolute atomic E-state index is 12.8. The van der Waals surface area contributed by atoms with Crippen LogP contribution in [0.3, 0.4) is 0 Å². The summed E-state index contributed by atoms with van der Waals surface area (Å²) in [6.07, 6.45) is 5.38. The van der Waals surface area contributed by atoms with Crippen molar-refractivity contribution in [3.8, 4) is 0 Å². The lowest BCUT2D eigenvalue weighted by Crippen LogP contribution is -2.43. The molecule has 1 saturated carbocycles. The van der Waals surface area contributed by atoms with Gasteiger partial charge in [-0.15, -0.1) is 0 Å². The van der Waals surface area contributed by atoms with Gasteiger partial charge in [0.2, 0.25) is 0 Å². The van der Waals surface area contributed by atoms with E-state index in [9.17, 15) is 13.2 Å². The zero-order valence-corrected chi connectivity index (χ0v) is 13.7. The Labute approximate surface area is 129 Å². The molecule has 116 valence electrons. The minimum absolute atomic E-state index is 0.0106. The predicted octanol–water partition coefficient (Wildman–Crippen LogP) is 2.77. The lowest BCUT2D eigenvalue weighted by Gasteiger charge is -2.31. The first kappa shape index (κ1) is 14.9. The van der Waals surface area contributed by atoms with Crippen molar-refractivity contribution in [2.45, 2.75) is 56.0 Å². The molecule has 0 bridgehead atoms. The molecule has 1 aliphatic carbocycles. The Balaban J connectivity index is 2.01. The van der Waals surface area contributed by atoms with Gasteiger partial charge in [0.25, 0.3) is 15.0 Å². The first-order valence-electron chi connectivity index (χ1n) is 7.19. The van der Waals surface area contributed by atoms with Crippen molar-refractivity contribution < 1.29 is 13.2 Å². The third-order valence-corrected chi connectivity index (χ3v) is 5.73. The number of nitrogens with zero attached hydrogens (tertiary/aromatic N) is 2. The van der Waals surface area contributed by atoms with Gasteiger partial charge in [0.1, 0.15) is 10.6 Å². The minimum Gasteiger partial charge on any atom is -0.339 e. The molecule has 3 rings (SSSR count). The van der Waals surface area contributed by atoms with Crippen molar-refractivity contribution in [3.63, 3.8) is 0 Å². The van der Waals surface area contributed by atoms with E-state index in [0.29, 0.717) is 12.2 Å². The molecule has 0 aromatic carbocycles. The SMILES string of the molecule is CC1(C)CCCN1C(=O)c1cc(S(=O)(=O)Cl)cn1C1CC1. The van der Waals surface area contributed by atoms with Crippen LogP contribution in [0.4, 0.5) is 0 Å². The summed E-state index contributed by atoms with van der Waals surface area (Å²) < 4.78 is 24.9. The molecule has 0 radical (unpaired) electrons. The normalized spacial score (nSPS) is 21.8. The van der Waals surface area contributed by atoms with E-state index >= 15 is 0 Å². The van der Waals surface area contributed by atoms with Gasteiger partial charge in [-0.25, -0.2) is 8.42 Å². The Morgan fingerprint density at radius 3 is 2.52 bits per heavy atom. The number of amides is 1. The molecule has 1 aromatic heterocycles. The molecule has 2 heterocycles. The van der Waals surface area contributed by atoms with E-state index in [2.05, 4.69) is 0 Å². The highest BCUT2D eigenvalue weighted by atomic mass is 35.7. The summed E-state index contributed by atoms with van der Waals surface area (Å²) in [4.78, 5) is 14.7. The van der Waals surface area contributed by atoms with Crippen LogP contribution in [0.1, 0.15) is 56.1 Å². The Hall–Kier alpha value is -1.01. The molecule has 2 fully saturated rings. The van der Waals surface area contributed by atoms with Crippen molar-refractivity contribution in [1.29, 1.82) is 0 Å². The summed E-state index contributed by atoms with van der Waals surface area (Å²) >= 11 is 0. The third kappa shape index (κ3) is 2.71. The molecule has 7 heteroatoms. The molecule has 0 unspecified atom stereocenters. The van der Waals surface area contributed by atoms with E-state index in [1.165, 1.54) is 12.3 Å². The van der Waals surface area contributed by atoms with Gasteiger partial charge in [0.15, 0.2) is 0 Å². The number of halogens is 1. The van der Waals surface area contributed by atoms with Crippen LogP contribution in [0.5, 0.6) is 0 Å². The maximum atomic E-state index is 12.8. The van der Waals surface area contributed by atoms with Gasteiger partial charge in [-0.1, -0.05) is 0 Å². The highest BCUT2D eigenvalue weighted by Gasteiger charge is 2.39. The molecule has 1 aliphatic heterocycles. The summed E-state index contributed by atoms with van der Waals surface area (Å²) in [6.45, 7) is 4.80. The minimum atomic E-state index is -3.82. The molecule has 0 N–H and O–H groups in total. The summed E-state index contributed by atoms with van der Waals surface area (Å²) in [7, 11) is 1.61. The monoisotopic (exact) mass is 330 g/mol. The topological polar surface area (TPSA) is 59.4 Å². The van der Waals surface area contributed by atoms with Crippen molar-refractivity contribution in [2.24, 2.45) is 0 Å². The number of likely N-dealkylation sites (tertiary alicyclic amines) is 1. The van der Waals surface area contributed by atoms with Gasteiger partial charge in [-0.2, -0.15) is 0 Å². The van der Waals surface area contributed by atoms with E-state index in [1.54, 1.807) is 4.57 Å². The molecule has 1 aromatic rings. The van der Waals surface area contributed by atoms with E-state index in [1.807, 2.05) is 18.7 Å². The van der Waals surface area contributed by atoms with Crippen molar-refractivity contribution in [2.75, 3.05) is 6.54 Å². The largest absolute Gasteiger partial charge is 0.339 e. The van der Waals surface area contributed by atoms with Crippen LogP contribution in [0.15, 0.2) is 17.2 Å². The molecule has 0 atom stereocenters. The van der Waals surface area contributed by atoms with E-state index in [4.69, 9.17) is 10.7 Å². The highest BCUT2D eigenvalue weighted by molar-refractivity contribution is 8.13. The van der Waals surface area contributed by atoms with Crippen LogP contribution in [0.2, 0.25) is 0 Å². The molecule has 0 spiro atoms. The number of carbonyl (C=O) groups is 1. The Bertz CT molecular complexity index is 689. The Kier molecular flexibility index (Phi) is 3.37. The molecule has 1 amide bonds. The van der Waals surface area contributed by atoms with Gasteiger partial charge in [0.05, 0.1) is 0 Å². The van der Waals surface area contributed by atoms with Crippen LogP contribution in [-0.2, 0) is 9.05 Å². The van der Waals surface area contributed by atoms with Gasteiger partial charge in [0, 0.05) is 35.0 Å². The van der Waals surface area contributed by atoms with Crippen LogP contribution in [0, 0.1) is 0 Å². The number of hydrogen-bond acceptors (Lipinski definition) is 3. The molecule has 2 aliphatic rings. The number of carbonyl (C=O) groups excluding carboxylic acids is 1. The zero-order chi connectivity index (χ0) is 15.4. The summed E-state index contributed by atoms with van der Waals surface area (Å²) in [5.41, 5.74) is 0.252. The first-order valence-corrected chi connectivity index (χ1v) is 9.49. The molecular formula is C14H19ClN2O3S. The zero-order valence-electron chi connectivity index (χ0n) is 12.2. The van der Waals surface area contributed by atoms with Gasteiger partial charge in [-0.3, -0.25) is 4.79 Å². The molecule has 1 saturated heterocycles. The van der Waals surface area contributed by atoms with Crippen LogP contribution in [-0.4, -0.2) is 35.9 Å². The Morgan fingerprint density at radius 1 is 1.38 bits per heavy atom. The summed E-state index contributed by atoms with van der Waals surface area (Å²) in [6, 6.07) is 1.64. The summed E-state index contributed by atoms with van der Waals surface area (Å²) in [5.74, 6) is -0.101. The fourth-order valence-electron chi connectivity index (χ4n) is 3.04. The van der Waals surface area contributed by atoms with Crippen LogP contribution >= 0.6 is 10.7 Å². The highest BCUT2D eigenvalue weighted by Crippen LogP contribution is 2.39. The second kappa shape index (κ2) is 4.74. The van der Waals surface area contributed by atoms with Gasteiger partial charge >= 0.3 is 0 Å². The van der Waals surface area contributed by atoms with Crippen molar-refractivity contribution >= 4 is 25.6 Å². The standard InChI is InChI=1S/C14H19ClN2O3S/c1-14(2)6-3-7-17(14)13(18)12-8-11(21(15,19)20)9-16(12)10-4-5-10/h8-10H,3-7H2,1-2H3. The van der Waals surface area contributed by atoms with Gasteiger partial charge < -0.3 is 9.47 Å². The smallest absolute Gasteiger partial charge is 0.270 e.